The Morgan fingerprint density at radius 3 is 2.26 bits per heavy atom. The fourth-order valence-electron chi connectivity index (χ4n) is 4.92. The number of halogens is 1. The Bertz CT molecular complexity index is 1570. The number of methoxy groups -OCH3 is 2. The minimum absolute atomic E-state index is 0.205. The fraction of sp³-hybridized carbons (Fsp3) is 0.360. The van der Waals surface area contributed by atoms with Crippen molar-refractivity contribution in [3.05, 3.63) is 61.9 Å². The van der Waals surface area contributed by atoms with E-state index in [1.54, 1.807) is 31.9 Å². The number of fused-ring (bicyclic) bond motifs is 2. The average molecular weight is 496 g/mol. The lowest BCUT2D eigenvalue weighted by Crippen LogP contribution is -2.45. The number of piperidine rings is 1. The van der Waals surface area contributed by atoms with Gasteiger partial charge in [-0.15, -0.1) is 10.2 Å². The first kappa shape index (κ1) is 23.2. The number of nitrogens with zero attached hydrogens (tertiary/aromatic N) is 5. The van der Waals surface area contributed by atoms with Crippen molar-refractivity contribution in [2.24, 2.45) is 7.05 Å². The first-order chi connectivity index (χ1) is 16.8. The number of hydrogen-bond donors (Lipinski definition) is 0. The summed E-state index contributed by atoms with van der Waals surface area (Å²) in [4.78, 5) is 28.6. The molecule has 4 aromatic rings. The minimum atomic E-state index is -0.293. The SMILES string of the molecule is COc1cc2c(Cl)nnc(N3CCC(n4c(=O)c5cc(C)ccc5n(C)c4=O)CC3)c2cc1OC. The molecule has 1 aliphatic heterocycles. The highest BCUT2D eigenvalue weighted by Crippen LogP contribution is 2.38. The summed E-state index contributed by atoms with van der Waals surface area (Å²) in [5, 5.41) is 10.9. The van der Waals surface area contributed by atoms with Crippen LogP contribution >= 0.6 is 11.6 Å². The summed E-state index contributed by atoms with van der Waals surface area (Å²) in [5.74, 6) is 1.81. The van der Waals surface area contributed by atoms with E-state index in [2.05, 4.69) is 15.1 Å². The van der Waals surface area contributed by atoms with Crippen molar-refractivity contribution in [1.29, 1.82) is 0 Å². The number of anilines is 1. The molecule has 1 aliphatic rings. The normalized spacial score (nSPS) is 14.6. The van der Waals surface area contributed by atoms with Crippen molar-refractivity contribution in [2.45, 2.75) is 25.8 Å². The van der Waals surface area contributed by atoms with E-state index in [4.69, 9.17) is 21.1 Å². The highest BCUT2D eigenvalue weighted by Gasteiger charge is 2.27. The first-order valence-electron chi connectivity index (χ1n) is 11.4. The van der Waals surface area contributed by atoms with Gasteiger partial charge in [0.1, 0.15) is 0 Å². The fourth-order valence-corrected chi connectivity index (χ4v) is 5.11. The summed E-state index contributed by atoms with van der Waals surface area (Å²) >= 11 is 6.34. The van der Waals surface area contributed by atoms with Crippen LogP contribution in [0, 0.1) is 6.92 Å². The van der Waals surface area contributed by atoms with Crippen LogP contribution in [0.2, 0.25) is 5.15 Å². The summed E-state index contributed by atoms with van der Waals surface area (Å²) < 4.78 is 13.9. The van der Waals surface area contributed by atoms with Crippen LogP contribution in [0.25, 0.3) is 21.7 Å². The topological polar surface area (TPSA) is 91.5 Å². The molecule has 9 nitrogen and oxygen atoms in total. The number of aryl methyl sites for hydroxylation is 2. The average Bonchev–Trinajstić information content (AvgIpc) is 2.87. The van der Waals surface area contributed by atoms with Crippen LogP contribution in [0.5, 0.6) is 11.5 Å². The molecule has 0 spiro atoms. The van der Waals surface area contributed by atoms with Gasteiger partial charge in [0, 0.05) is 37.0 Å². The van der Waals surface area contributed by atoms with Crippen molar-refractivity contribution >= 4 is 39.1 Å². The van der Waals surface area contributed by atoms with Crippen molar-refractivity contribution < 1.29 is 9.47 Å². The minimum Gasteiger partial charge on any atom is -0.493 e. The van der Waals surface area contributed by atoms with Gasteiger partial charge < -0.3 is 14.4 Å². The third-order valence-corrected chi connectivity index (χ3v) is 7.08. The molecule has 0 N–H and O–H groups in total. The van der Waals surface area contributed by atoms with Crippen LogP contribution in [0.4, 0.5) is 5.82 Å². The maximum absolute atomic E-state index is 13.3. The Hall–Kier alpha value is -3.59. The van der Waals surface area contributed by atoms with E-state index in [9.17, 15) is 9.59 Å². The summed E-state index contributed by atoms with van der Waals surface area (Å²) in [5.41, 5.74) is 1.10. The predicted octanol–water partition coefficient (Wildman–Crippen LogP) is 3.46. The molecule has 0 amide bonds. The van der Waals surface area contributed by atoms with E-state index in [1.165, 1.54) is 4.57 Å². The quantitative estimate of drug-likeness (QED) is 0.428. The first-order valence-corrected chi connectivity index (χ1v) is 11.8. The van der Waals surface area contributed by atoms with E-state index in [0.717, 1.165) is 10.9 Å². The van der Waals surface area contributed by atoms with Crippen LogP contribution in [0.1, 0.15) is 24.4 Å². The molecule has 2 aromatic carbocycles. The van der Waals surface area contributed by atoms with Crippen LogP contribution in [-0.4, -0.2) is 46.6 Å². The number of ether oxygens (including phenoxy) is 2. The zero-order valence-electron chi connectivity index (χ0n) is 20.0. The van der Waals surface area contributed by atoms with E-state index >= 15 is 0 Å². The molecule has 10 heteroatoms. The highest BCUT2D eigenvalue weighted by molar-refractivity contribution is 6.34. The zero-order valence-corrected chi connectivity index (χ0v) is 20.8. The van der Waals surface area contributed by atoms with Crippen molar-refractivity contribution in [3.8, 4) is 11.5 Å². The Kier molecular flexibility index (Phi) is 5.88. The highest BCUT2D eigenvalue weighted by atomic mass is 35.5. The Labute approximate surface area is 206 Å². The monoisotopic (exact) mass is 495 g/mol. The number of hydrogen-bond acceptors (Lipinski definition) is 7. The molecule has 5 rings (SSSR count). The lowest BCUT2D eigenvalue weighted by atomic mass is 10.0. The lowest BCUT2D eigenvalue weighted by molar-refractivity contribution is 0.355. The second-order valence-corrected chi connectivity index (χ2v) is 9.18. The van der Waals surface area contributed by atoms with Crippen molar-refractivity contribution in [3.63, 3.8) is 0 Å². The molecule has 0 radical (unpaired) electrons. The molecular weight excluding hydrogens is 470 g/mol. The number of aromatic nitrogens is 4. The lowest BCUT2D eigenvalue weighted by Gasteiger charge is -2.33. The standard InChI is InChI=1S/C25H26ClN5O4/c1-14-5-6-19-18(11-14)24(32)31(25(33)29(19)2)15-7-9-30(10-8-15)23-17-13-21(35-4)20(34-3)12-16(17)22(26)27-28-23/h5-6,11-13,15H,7-10H2,1-4H3. The van der Waals surface area contributed by atoms with Gasteiger partial charge in [0.15, 0.2) is 22.5 Å². The number of rotatable bonds is 4. The van der Waals surface area contributed by atoms with Crippen molar-refractivity contribution in [1.82, 2.24) is 19.3 Å². The molecule has 0 aliphatic carbocycles. The zero-order chi connectivity index (χ0) is 24.9. The van der Waals surface area contributed by atoms with E-state index in [1.807, 2.05) is 31.2 Å². The van der Waals surface area contributed by atoms with Crippen molar-refractivity contribution in [2.75, 3.05) is 32.2 Å². The van der Waals surface area contributed by atoms with Gasteiger partial charge in [0.2, 0.25) is 0 Å². The van der Waals surface area contributed by atoms with E-state index < -0.39 is 0 Å². The van der Waals surface area contributed by atoms with Gasteiger partial charge in [-0.1, -0.05) is 23.2 Å². The molecule has 0 bridgehead atoms. The molecule has 0 atom stereocenters. The Morgan fingerprint density at radius 2 is 1.60 bits per heavy atom. The van der Waals surface area contributed by atoms with Gasteiger partial charge in [0.25, 0.3) is 5.56 Å². The van der Waals surface area contributed by atoms with Crippen LogP contribution in [0.3, 0.4) is 0 Å². The van der Waals surface area contributed by atoms with Crippen LogP contribution in [0.15, 0.2) is 39.9 Å². The summed E-state index contributed by atoms with van der Waals surface area (Å²) in [7, 11) is 4.86. The summed E-state index contributed by atoms with van der Waals surface area (Å²) in [6.45, 7) is 3.15. The second-order valence-electron chi connectivity index (χ2n) is 8.82. The second kappa shape index (κ2) is 8.88. The predicted molar refractivity (Wildman–Crippen MR) is 136 cm³/mol. The van der Waals surface area contributed by atoms with Crippen LogP contribution in [-0.2, 0) is 7.05 Å². The molecular formula is C25H26ClN5O4. The Morgan fingerprint density at radius 1 is 0.943 bits per heavy atom. The van der Waals surface area contributed by atoms with Gasteiger partial charge in [-0.2, -0.15) is 0 Å². The Balaban J connectivity index is 1.50. The maximum atomic E-state index is 13.3. The third kappa shape index (κ3) is 3.80. The summed E-state index contributed by atoms with van der Waals surface area (Å²) in [6.07, 6.45) is 1.23. The van der Waals surface area contributed by atoms with Gasteiger partial charge in [-0.25, -0.2) is 4.79 Å². The van der Waals surface area contributed by atoms with Crippen LogP contribution < -0.4 is 25.6 Å². The van der Waals surface area contributed by atoms with E-state index in [-0.39, 0.29) is 22.4 Å². The largest absolute Gasteiger partial charge is 0.493 e. The molecule has 2 aromatic heterocycles. The smallest absolute Gasteiger partial charge is 0.331 e. The third-order valence-electron chi connectivity index (χ3n) is 6.80. The molecule has 3 heterocycles. The van der Waals surface area contributed by atoms with Gasteiger partial charge in [-0.3, -0.25) is 13.9 Å². The van der Waals surface area contributed by atoms with Gasteiger partial charge in [-0.05, 0) is 44.0 Å². The summed E-state index contributed by atoms with van der Waals surface area (Å²) in [6, 6.07) is 9.02. The maximum Gasteiger partial charge on any atom is 0.331 e. The van der Waals surface area contributed by atoms with E-state index in [0.29, 0.717) is 59.5 Å². The molecule has 0 saturated carbocycles. The molecule has 35 heavy (non-hydrogen) atoms. The van der Waals surface area contributed by atoms with Gasteiger partial charge >= 0.3 is 5.69 Å². The molecule has 0 unspecified atom stereocenters. The number of benzene rings is 2. The van der Waals surface area contributed by atoms with Gasteiger partial charge in [0.05, 0.1) is 25.1 Å². The molecule has 182 valence electrons. The molecule has 1 fully saturated rings. The molecule has 1 saturated heterocycles.